The van der Waals surface area contributed by atoms with E-state index in [-0.39, 0.29) is 24.4 Å². The fourth-order valence-corrected chi connectivity index (χ4v) is 7.09. The van der Waals surface area contributed by atoms with Crippen LogP contribution in [0.4, 0.5) is 13.2 Å². The predicted octanol–water partition coefficient (Wildman–Crippen LogP) is 3.29. The molecule has 1 aromatic carbocycles. The molecule has 0 aromatic heterocycles. The highest BCUT2D eigenvalue weighted by atomic mass is 32.2. The highest BCUT2D eigenvalue weighted by Gasteiger charge is 2.62. The number of benzene rings is 1. The van der Waals surface area contributed by atoms with Crippen molar-refractivity contribution >= 4 is 16.0 Å². The number of alkyl halides is 3. The largest absolute Gasteiger partial charge is 0.470 e. The van der Waals surface area contributed by atoms with Crippen LogP contribution in [-0.2, 0) is 27.6 Å². The molecule has 0 radical (unpaired) electrons. The van der Waals surface area contributed by atoms with Gasteiger partial charge in [-0.3, -0.25) is 9.35 Å². The number of fused-ring (bicyclic) bond motifs is 2. The normalized spacial score (nSPS) is 33.3. The second-order valence-electron chi connectivity index (χ2n) is 9.85. The number of ether oxygens (including phenoxy) is 1. The summed E-state index contributed by atoms with van der Waals surface area (Å²) in [6.07, 6.45) is -2.18. The number of piperidine rings is 1. The molecule has 182 valence electrons. The van der Waals surface area contributed by atoms with Crippen LogP contribution in [0.5, 0.6) is 5.75 Å². The first kappa shape index (κ1) is 22.9. The Morgan fingerprint density at radius 2 is 1.88 bits per heavy atom. The third-order valence-corrected chi connectivity index (χ3v) is 9.52. The Balaban J connectivity index is 1.32. The fourth-order valence-electron chi connectivity index (χ4n) is 6.28. The van der Waals surface area contributed by atoms with E-state index in [1.807, 2.05) is 6.92 Å². The number of hydrogen-bond acceptors (Lipinski definition) is 5. The van der Waals surface area contributed by atoms with Crippen LogP contribution in [0.3, 0.4) is 0 Å². The van der Waals surface area contributed by atoms with Crippen LogP contribution in [0.1, 0.15) is 50.2 Å². The van der Waals surface area contributed by atoms with Crippen LogP contribution >= 0.6 is 0 Å². The van der Waals surface area contributed by atoms with Gasteiger partial charge in [0.15, 0.2) is 6.23 Å². The molecule has 1 N–H and O–H groups in total. The van der Waals surface area contributed by atoms with E-state index in [4.69, 9.17) is 4.74 Å². The summed E-state index contributed by atoms with van der Waals surface area (Å²) in [6.45, 7) is 3.16. The smallest absolute Gasteiger partial charge is 0.416 e. The molecule has 4 atom stereocenters. The Kier molecular flexibility index (Phi) is 5.26. The van der Waals surface area contributed by atoms with Crippen LogP contribution in [0.25, 0.3) is 0 Å². The van der Waals surface area contributed by atoms with E-state index in [9.17, 15) is 30.9 Å². The molecule has 3 aliphatic heterocycles. The maximum atomic E-state index is 13.6. The Hall–Kier alpha value is -1.85. The molecule has 11 heteroatoms. The van der Waals surface area contributed by atoms with Gasteiger partial charge in [0.25, 0.3) is 10.1 Å². The average Bonchev–Trinajstić information content (AvgIpc) is 3.29. The fraction of sp³-hybridized carbons (Fsp3) is 0.682. The Morgan fingerprint density at radius 3 is 2.52 bits per heavy atom. The Bertz CT molecular complexity index is 1070. The third-order valence-electron chi connectivity index (χ3n) is 8.21. The minimum atomic E-state index is -4.46. The molecular weight excluding hydrogens is 461 g/mol. The van der Waals surface area contributed by atoms with Crippen molar-refractivity contribution < 1.29 is 35.7 Å². The maximum Gasteiger partial charge on any atom is 0.416 e. The molecule has 33 heavy (non-hydrogen) atoms. The predicted molar refractivity (Wildman–Crippen MR) is 112 cm³/mol. The van der Waals surface area contributed by atoms with Gasteiger partial charge in [-0.15, -0.1) is 0 Å². The zero-order valence-electron chi connectivity index (χ0n) is 18.2. The van der Waals surface area contributed by atoms with Crippen molar-refractivity contribution in [3.8, 4) is 5.75 Å². The van der Waals surface area contributed by atoms with Crippen molar-refractivity contribution in [1.29, 1.82) is 0 Å². The molecule has 3 fully saturated rings. The van der Waals surface area contributed by atoms with Crippen molar-refractivity contribution in [2.75, 3.05) is 13.1 Å². The van der Waals surface area contributed by atoms with Crippen molar-refractivity contribution in [2.45, 2.75) is 69.3 Å². The van der Waals surface area contributed by atoms with Crippen LogP contribution in [0.2, 0.25) is 0 Å². The van der Waals surface area contributed by atoms with Crippen molar-refractivity contribution in [3.05, 3.63) is 29.3 Å². The van der Waals surface area contributed by atoms with Gasteiger partial charge in [0, 0.05) is 17.5 Å². The highest BCUT2D eigenvalue weighted by Crippen LogP contribution is 2.55. The van der Waals surface area contributed by atoms with Crippen LogP contribution in [0.15, 0.2) is 18.2 Å². The summed E-state index contributed by atoms with van der Waals surface area (Å²) in [5.74, 6) is 0.196. The Morgan fingerprint density at radius 1 is 1.18 bits per heavy atom. The third kappa shape index (κ3) is 3.72. The summed E-state index contributed by atoms with van der Waals surface area (Å²) in [7, 11) is -4.04. The number of likely N-dealkylation sites (tertiary alicyclic amines) is 1. The van der Waals surface area contributed by atoms with E-state index >= 15 is 0 Å². The van der Waals surface area contributed by atoms with Crippen molar-refractivity contribution in [1.82, 2.24) is 9.80 Å². The lowest BCUT2D eigenvalue weighted by Gasteiger charge is -2.36. The number of carbonyl (C=O) groups is 1. The highest BCUT2D eigenvalue weighted by molar-refractivity contribution is 7.86. The van der Waals surface area contributed by atoms with Crippen molar-refractivity contribution in [2.24, 2.45) is 11.3 Å². The lowest BCUT2D eigenvalue weighted by atomic mass is 9.76. The molecule has 1 saturated carbocycles. The van der Waals surface area contributed by atoms with E-state index < -0.39 is 38.8 Å². The van der Waals surface area contributed by atoms with E-state index in [2.05, 4.69) is 4.90 Å². The molecule has 2 saturated heterocycles. The number of rotatable bonds is 2. The molecule has 7 nitrogen and oxygen atoms in total. The first-order chi connectivity index (χ1) is 15.4. The monoisotopic (exact) mass is 488 g/mol. The number of amides is 1. The van der Waals surface area contributed by atoms with E-state index in [0.717, 1.165) is 18.6 Å². The molecule has 1 aliphatic carbocycles. The summed E-state index contributed by atoms with van der Waals surface area (Å²) in [6, 6.07) is 3.53. The molecule has 1 aromatic rings. The first-order valence-electron chi connectivity index (χ1n) is 11.3. The summed E-state index contributed by atoms with van der Waals surface area (Å²) in [4.78, 5) is 17.4. The zero-order chi connectivity index (χ0) is 23.8. The topological polar surface area (TPSA) is 87.2 Å². The molecule has 1 amide bonds. The van der Waals surface area contributed by atoms with Gasteiger partial charge in [0.1, 0.15) is 5.75 Å². The summed E-state index contributed by atoms with van der Waals surface area (Å²) in [5.41, 5.74) is -1.03. The molecule has 3 heterocycles. The van der Waals surface area contributed by atoms with Crippen LogP contribution in [-0.4, -0.2) is 59.3 Å². The quantitative estimate of drug-likeness (QED) is 0.643. The SMILES string of the molecule is CC1C2Oc3ccc(C(F)(F)F)cc3CN2C(=O)[C@]12CCC(N1CCC(S(=O)(=O)O)CC1)C2. The van der Waals surface area contributed by atoms with Crippen LogP contribution in [0, 0.1) is 11.3 Å². The number of nitrogens with zero attached hydrogens (tertiary/aromatic N) is 2. The first-order valence-corrected chi connectivity index (χ1v) is 12.8. The average molecular weight is 489 g/mol. The van der Waals surface area contributed by atoms with E-state index in [0.29, 0.717) is 50.1 Å². The lowest BCUT2D eigenvalue weighted by molar-refractivity contribution is -0.140. The molecule has 4 aliphatic rings. The maximum absolute atomic E-state index is 13.6. The van der Waals surface area contributed by atoms with Gasteiger partial charge in [-0.1, -0.05) is 6.92 Å². The van der Waals surface area contributed by atoms with Crippen molar-refractivity contribution in [3.63, 3.8) is 0 Å². The number of hydrogen-bond donors (Lipinski definition) is 1. The van der Waals surface area contributed by atoms with E-state index in [1.165, 1.54) is 6.07 Å². The minimum absolute atomic E-state index is 0.0709. The van der Waals surface area contributed by atoms with Gasteiger partial charge >= 0.3 is 6.18 Å². The van der Waals surface area contributed by atoms with Gasteiger partial charge in [0.05, 0.1) is 22.8 Å². The second-order valence-corrected chi connectivity index (χ2v) is 11.6. The summed E-state index contributed by atoms with van der Waals surface area (Å²) in [5, 5.41) is -0.737. The zero-order valence-corrected chi connectivity index (χ0v) is 19.0. The minimum Gasteiger partial charge on any atom is -0.470 e. The summed E-state index contributed by atoms with van der Waals surface area (Å²) >= 11 is 0. The number of carbonyl (C=O) groups excluding carboxylic acids is 1. The molecule has 0 bridgehead atoms. The van der Waals surface area contributed by atoms with Crippen LogP contribution < -0.4 is 4.74 Å². The lowest BCUT2D eigenvalue weighted by Crippen LogP contribution is -2.44. The van der Waals surface area contributed by atoms with Gasteiger partial charge in [-0.05, 0) is 63.4 Å². The molecule has 3 unspecified atom stereocenters. The second kappa shape index (κ2) is 7.58. The summed E-state index contributed by atoms with van der Waals surface area (Å²) < 4.78 is 77.6. The van der Waals surface area contributed by atoms with Gasteiger partial charge in [-0.2, -0.15) is 21.6 Å². The Labute approximate surface area is 190 Å². The standard InChI is InChI=1S/C22H27F3N2O5S/c1-13-19-27(12-14-10-15(22(23,24)25)2-3-18(14)32-19)20(28)21(13)7-4-16(11-21)26-8-5-17(6-9-26)33(29,30)31/h2-3,10,13,16-17,19H,4-9,11-12H2,1H3,(H,29,30,31)/t13?,16?,19?,21-/m0/s1. The van der Waals surface area contributed by atoms with Gasteiger partial charge in [-0.25, -0.2) is 0 Å². The van der Waals surface area contributed by atoms with Gasteiger partial charge in [0.2, 0.25) is 5.91 Å². The molecule has 5 rings (SSSR count). The van der Waals surface area contributed by atoms with E-state index in [1.54, 1.807) is 4.90 Å². The molecule has 1 spiro atoms. The molecular formula is C22H27F3N2O5S. The number of halogens is 3. The van der Waals surface area contributed by atoms with Gasteiger partial charge < -0.3 is 14.5 Å².